The van der Waals surface area contributed by atoms with Crippen molar-refractivity contribution in [2.75, 3.05) is 0 Å². The highest BCUT2D eigenvalue weighted by molar-refractivity contribution is 6.17. The number of fused-ring (bicyclic) bond motifs is 6. The summed E-state index contributed by atoms with van der Waals surface area (Å²) in [5, 5.41) is 3.64. The van der Waals surface area contributed by atoms with Crippen LogP contribution in [0.2, 0.25) is 0 Å². The summed E-state index contributed by atoms with van der Waals surface area (Å²) in [6, 6.07) is 52.4. The fraction of sp³-hybridized carbons (Fsp3) is 0. The highest BCUT2D eigenvalue weighted by Crippen LogP contribution is 2.44. The van der Waals surface area contributed by atoms with E-state index in [9.17, 15) is 0 Å². The molecule has 0 aliphatic heterocycles. The minimum atomic E-state index is -0.428. The lowest BCUT2D eigenvalue weighted by Crippen LogP contribution is -2.00. The van der Waals surface area contributed by atoms with Gasteiger partial charge in [-0.1, -0.05) is 164 Å². The summed E-state index contributed by atoms with van der Waals surface area (Å²) in [4.78, 5) is 15.1. The molecule has 0 radical (unpaired) electrons. The van der Waals surface area contributed by atoms with Crippen LogP contribution < -0.4 is 0 Å². The maximum Gasteiger partial charge on any atom is 0.164 e. The Kier molecular flexibility index (Phi) is 6.29. The fourth-order valence-corrected chi connectivity index (χ4v) is 7.77. The van der Waals surface area contributed by atoms with Crippen molar-refractivity contribution in [2.45, 2.75) is 0 Å². The topological polar surface area (TPSA) is 56.7 Å². The third-order valence-electron chi connectivity index (χ3n) is 10.3. The molecule has 0 amide bonds. The van der Waals surface area contributed by atoms with Gasteiger partial charge in [0.2, 0.25) is 0 Å². The first-order valence-corrected chi connectivity index (χ1v) is 18.4. The molecule has 5 nitrogen and oxygen atoms in total. The zero-order valence-electron chi connectivity index (χ0n) is 34.8. The van der Waals surface area contributed by atoms with E-state index in [4.69, 9.17) is 26.2 Å². The zero-order valence-corrected chi connectivity index (χ0v) is 29.8. The van der Waals surface area contributed by atoms with Crippen LogP contribution in [0.1, 0.15) is 6.85 Å². The molecule has 3 heterocycles. The van der Waals surface area contributed by atoms with Gasteiger partial charge in [-0.2, -0.15) is 0 Å². The Labute approximate surface area is 329 Å². The molecule has 5 heteroatoms. The molecule has 0 aliphatic carbocycles. The Hall–Kier alpha value is -7.63. The Morgan fingerprint density at radius 3 is 1.77 bits per heavy atom. The van der Waals surface area contributed by atoms with Crippen molar-refractivity contribution in [2.24, 2.45) is 0 Å². The van der Waals surface area contributed by atoms with Gasteiger partial charge in [0.15, 0.2) is 23.1 Å². The molecule has 0 unspecified atom stereocenters. The number of nitrogens with zero attached hydrogens (tertiary/aromatic N) is 4. The van der Waals surface area contributed by atoms with Crippen molar-refractivity contribution in [3.8, 4) is 62.1 Å². The van der Waals surface area contributed by atoms with Crippen LogP contribution in [-0.4, -0.2) is 19.5 Å². The Bertz CT molecular complexity index is 3450. The second-order valence-electron chi connectivity index (χ2n) is 13.6. The van der Waals surface area contributed by atoms with Gasteiger partial charge in [-0.25, -0.2) is 15.0 Å². The van der Waals surface area contributed by atoms with Crippen LogP contribution in [0.25, 0.3) is 106 Å². The van der Waals surface area contributed by atoms with Gasteiger partial charge < -0.3 is 8.98 Å². The van der Waals surface area contributed by atoms with Crippen LogP contribution in [0.4, 0.5) is 0 Å². The Morgan fingerprint density at radius 2 is 1.05 bits per heavy atom. The molecular weight excluding hydrogens is 685 g/mol. The van der Waals surface area contributed by atoms with Gasteiger partial charge in [0.1, 0.15) is 5.58 Å². The molecule has 0 aliphatic rings. The quantitative estimate of drug-likeness (QED) is 0.172. The first kappa shape index (κ1) is 27.0. The maximum atomic E-state index is 8.81. The van der Waals surface area contributed by atoms with Crippen LogP contribution in [0.5, 0.6) is 0 Å². The predicted octanol–water partition coefficient (Wildman–Crippen LogP) is 13.2. The Balaban J connectivity index is 1.23. The normalized spacial score (nSPS) is 12.8. The molecule has 0 saturated heterocycles. The molecule has 0 bridgehead atoms. The van der Waals surface area contributed by atoms with Gasteiger partial charge in [0.25, 0.3) is 0 Å². The van der Waals surface area contributed by atoms with E-state index in [2.05, 4.69) is 41.0 Å². The van der Waals surface area contributed by atoms with E-state index >= 15 is 0 Å². The minimum Gasteiger partial charge on any atom is -0.454 e. The molecule has 56 heavy (non-hydrogen) atoms. The van der Waals surface area contributed by atoms with E-state index in [1.54, 1.807) is 0 Å². The van der Waals surface area contributed by atoms with Gasteiger partial charge in [-0.3, -0.25) is 0 Å². The summed E-state index contributed by atoms with van der Waals surface area (Å²) in [7, 11) is 0. The standard InChI is InChI=1S/C51H32N4O/c1-5-16-33(17-6-1)37-28-29-40-39-24-13-14-26-43(39)55(44(40)31-37)45-32-38(34-18-7-2-8-19-34)30-42-47-41(25-15-27-46(47)56-48(42)45)51-53-49(35-20-9-3-10-21-35)52-50(54-51)36-22-11-4-12-23-36/h1-32H/i1D,5D,6D,16D,17D. The van der Waals surface area contributed by atoms with Gasteiger partial charge in [0.05, 0.1) is 23.6 Å². The van der Waals surface area contributed by atoms with Crippen LogP contribution in [-0.2, 0) is 0 Å². The van der Waals surface area contributed by atoms with Crippen molar-refractivity contribution >= 4 is 43.7 Å². The van der Waals surface area contributed by atoms with E-state index in [-0.39, 0.29) is 29.7 Å². The number of furan rings is 1. The molecule has 8 aromatic carbocycles. The molecule has 0 N–H and O–H groups in total. The molecule has 0 spiro atoms. The molecule has 262 valence electrons. The van der Waals surface area contributed by atoms with Gasteiger partial charge in [-0.05, 0) is 52.6 Å². The van der Waals surface area contributed by atoms with Crippen molar-refractivity contribution in [3.63, 3.8) is 0 Å². The summed E-state index contributed by atoms with van der Waals surface area (Å²) in [6.07, 6.45) is 0. The van der Waals surface area contributed by atoms with E-state index in [1.165, 1.54) is 0 Å². The lowest BCUT2D eigenvalue weighted by atomic mass is 9.99. The summed E-state index contributed by atoms with van der Waals surface area (Å²) in [5.74, 6) is 1.62. The molecule has 0 saturated carbocycles. The third-order valence-corrected chi connectivity index (χ3v) is 10.3. The molecule has 3 aromatic heterocycles. The number of benzene rings is 8. The number of hydrogen-bond donors (Lipinski definition) is 0. The number of para-hydroxylation sites is 1. The van der Waals surface area contributed by atoms with Crippen molar-refractivity contribution < 1.29 is 11.3 Å². The fourth-order valence-electron chi connectivity index (χ4n) is 7.77. The lowest BCUT2D eigenvalue weighted by molar-refractivity contribution is 0.666. The summed E-state index contributed by atoms with van der Waals surface area (Å²) in [5.41, 5.74) is 8.92. The van der Waals surface area contributed by atoms with E-state index in [0.717, 1.165) is 66.1 Å². The molecule has 0 atom stereocenters. The average molecular weight is 722 g/mol. The van der Waals surface area contributed by atoms with E-state index < -0.39 is 6.04 Å². The summed E-state index contributed by atoms with van der Waals surface area (Å²) in [6.45, 7) is 0. The number of rotatable bonds is 6. The highest BCUT2D eigenvalue weighted by Gasteiger charge is 2.23. The van der Waals surface area contributed by atoms with Crippen LogP contribution in [0, 0.1) is 0 Å². The van der Waals surface area contributed by atoms with Crippen LogP contribution >= 0.6 is 0 Å². The van der Waals surface area contributed by atoms with Crippen molar-refractivity contribution in [3.05, 3.63) is 194 Å². The molecule has 11 aromatic rings. The Morgan fingerprint density at radius 1 is 0.429 bits per heavy atom. The summed E-state index contributed by atoms with van der Waals surface area (Å²) < 4.78 is 51.8. The minimum absolute atomic E-state index is 0.142. The van der Waals surface area contributed by atoms with E-state index in [1.807, 2.05) is 127 Å². The SMILES string of the molecule is [2H]c1c([2H])c([2H])c(-c2ccc3c4ccccc4n(-c4cc(-c5ccccc5)cc5c4oc4cccc(-c6nc(-c7ccccc7)nc(-c7ccccc7)n6)c45)c3c2)c([2H])c1[2H]. The first-order chi connectivity index (χ1) is 29.8. The smallest absolute Gasteiger partial charge is 0.164 e. The zero-order chi connectivity index (χ0) is 41.4. The van der Waals surface area contributed by atoms with Crippen molar-refractivity contribution in [1.29, 1.82) is 0 Å². The number of hydrogen-bond acceptors (Lipinski definition) is 4. The van der Waals surface area contributed by atoms with Gasteiger partial charge >= 0.3 is 0 Å². The monoisotopic (exact) mass is 721 g/mol. The lowest BCUT2D eigenvalue weighted by Gasteiger charge is -2.13. The second-order valence-corrected chi connectivity index (χ2v) is 13.6. The van der Waals surface area contributed by atoms with Gasteiger partial charge in [-0.15, -0.1) is 0 Å². The molecule has 11 rings (SSSR count). The first-order valence-electron chi connectivity index (χ1n) is 20.9. The van der Waals surface area contributed by atoms with Gasteiger partial charge in [0, 0.05) is 38.2 Å². The highest BCUT2D eigenvalue weighted by atomic mass is 16.3. The summed E-state index contributed by atoms with van der Waals surface area (Å²) >= 11 is 0. The van der Waals surface area contributed by atoms with Crippen molar-refractivity contribution in [1.82, 2.24) is 19.5 Å². The van der Waals surface area contributed by atoms with Crippen LogP contribution in [0.3, 0.4) is 0 Å². The number of aromatic nitrogens is 4. The average Bonchev–Trinajstić information content (AvgIpc) is 3.86. The maximum absolute atomic E-state index is 8.81. The van der Waals surface area contributed by atoms with E-state index in [0.29, 0.717) is 34.2 Å². The molecule has 0 fully saturated rings. The predicted molar refractivity (Wildman–Crippen MR) is 229 cm³/mol. The second kappa shape index (κ2) is 13.0. The molecular formula is C51H32N4O. The largest absolute Gasteiger partial charge is 0.454 e. The third kappa shape index (κ3) is 5.29. The van der Waals surface area contributed by atoms with Crippen LogP contribution in [0.15, 0.2) is 198 Å².